The van der Waals surface area contributed by atoms with Crippen molar-refractivity contribution >= 4 is 23.5 Å². The van der Waals surface area contributed by atoms with Crippen LogP contribution in [-0.2, 0) is 4.79 Å². The van der Waals surface area contributed by atoms with E-state index in [0.29, 0.717) is 16.9 Å². The van der Waals surface area contributed by atoms with Gasteiger partial charge in [0.1, 0.15) is 5.82 Å². The summed E-state index contributed by atoms with van der Waals surface area (Å²) in [6.45, 7) is 2.16. The van der Waals surface area contributed by atoms with Gasteiger partial charge in [0.15, 0.2) is 0 Å². The van der Waals surface area contributed by atoms with Crippen molar-refractivity contribution in [3.8, 4) is 0 Å². The SMILES string of the molecule is Cc1cccc(NC(=O)C2CCCCC2CN2C(=O)c3ccccc3C2=O)n1. The van der Waals surface area contributed by atoms with Crippen molar-refractivity contribution in [2.24, 2.45) is 11.8 Å². The minimum Gasteiger partial charge on any atom is -0.310 e. The van der Waals surface area contributed by atoms with E-state index in [1.54, 1.807) is 30.3 Å². The Kier molecular flexibility index (Phi) is 4.94. The first-order chi connectivity index (χ1) is 13.5. The number of anilines is 1. The second-order valence-corrected chi connectivity index (χ2v) is 7.57. The Morgan fingerprint density at radius 1 is 1.04 bits per heavy atom. The van der Waals surface area contributed by atoms with E-state index in [2.05, 4.69) is 10.3 Å². The summed E-state index contributed by atoms with van der Waals surface area (Å²) in [5.41, 5.74) is 1.74. The summed E-state index contributed by atoms with van der Waals surface area (Å²) in [5.74, 6) is -0.341. The van der Waals surface area contributed by atoms with Gasteiger partial charge in [0.05, 0.1) is 11.1 Å². The molecule has 1 fully saturated rings. The van der Waals surface area contributed by atoms with Crippen LogP contribution in [0.3, 0.4) is 0 Å². The van der Waals surface area contributed by atoms with Gasteiger partial charge in [-0.25, -0.2) is 4.98 Å². The number of amides is 3. The predicted molar refractivity (Wildman–Crippen MR) is 105 cm³/mol. The largest absolute Gasteiger partial charge is 0.310 e. The third kappa shape index (κ3) is 3.42. The zero-order valence-electron chi connectivity index (χ0n) is 15.9. The van der Waals surface area contributed by atoms with Crippen LogP contribution in [-0.4, -0.2) is 34.2 Å². The Balaban J connectivity index is 1.49. The molecule has 0 radical (unpaired) electrons. The summed E-state index contributed by atoms with van der Waals surface area (Å²) in [6.07, 6.45) is 3.55. The van der Waals surface area contributed by atoms with Gasteiger partial charge in [0, 0.05) is 18.2 Å². The molecule has 144 valence electrons. The van der Waals surface area contributed by atoms with Crippen LogP contribution in [0.5, 0.6) is 0 Å². The molecular weight excluding hydrogens is 354 g/mol. The monoisotopic (exact) mass is 377 g/mol. The van der Waals surface area contributed by atoms with Crippen LogP contribution in [0.2, 0.25) is 0 Å². The van der Waals surface area contributed by atoms with Crippen LogP contribution in [0.15, 0.2) is 42.5 Å². The molecule has 1 saturated carbocycles. The van der Waals surface area contributed by atoms with E-state index in [1.165, 1.54) is 4.90 Å². The molecule has 2 unspecified atom stereocenters. The maximum Gasteiger partial charge on any atom is 0.261 e. The molecule has 2 aliphatic rings. The van der Waals surface area contributed by atoms with Crippen LogP contribution in [0, 0.1) is 18.8 Å². The Morgan fingerprint density at radius 2 is 1.71 bits per heavy atom. The number of aryl methyl sites for hydroxylation is 1. The molecule has 6 nitrogen and oxygen atoms in total. The van der Waals surface area contributed by atoms with Crippen LogP contribution < -0.4 is 5.32 Å². The Labute approximate surface area is 164 Å². The van der Waals surface area contributed by atoms with Crippen LogP contribution >= 0.6 is 0 Å². The van der Waals surface area contributed by atoms with E-state index in [-0.39, 0.29) is 36.1 Å². The lowest BCUT2D eigenvalue weighted by atomic mass is 9.78. The summed E-state index contributed by atoms with van der Waals surface area (Å²) in [4.78, 5) is 43.9. The molecule has 2 heterocycles. The molecular formula is C22H23N3O3. The maximum absolute atomic E-state index is 12.9. The number of benzene rings is 1. The maximum atomic E-state index is 12.9. The number of pyridine rings is 1. The van der Waals surface area contributed by atoms with E-state index in [0.717, 1.165) is 31.4 Å². The summed E-state index contributed by atoms with van der Waals surface area (Å²) in [7, 11) is 0. The lowest BCUT2D eigenvalue weighted by Crippen LogP contribution is -2.41. The summed E-state index contributed by atoms with van der Waals surface area (Å²) < 4.78 is 0. The Bertz CT molecular complexity index is 905. The zero-order valence-corrected chi connectivity index (χ0v) is 15.9. The van der Waals surface area contributed by atoms with E-state index in [9.17, 15) is 14.4 Å². The van der Waals surface area contributed by atoms with Gasteiger partial charge in [-0.2, -0.15) is 0 Å². The average Bonchev–Trinajstić information content (AvgIpc) is 2.94. The number of nitrogens with one attached hydrogen (secondary N) is 1. The van der Waals surface area contributed by atoms with Gasteiger partial charge >= 0.3 is 0 Å². The van der Waals surface area contributed by atoms with Crippen molar-refractivity contribution in [2.45, 2.75) is 32.6 Å². The predicted octanol–water partition coefficient (Wildman–Crippen LogP) is 3.43. The number of hydrogen-bond acceptors (Lipinski definition) is 4. The molecule has 6 heteroatoms. The highest BCUT2D eigenvalue weighted by Crippen LogP contribution is 2.34. The fourth-order valence-electron chi connectivity index (χ4n) is 4.24. The Morgan fingerprint density at radius 3 is 2.39 bits per heavy atom. The molecule has 1 aromatic carbocycles. The summed E-state index contributed by atoms with van der Waals surface area (Å²) in [5, 5.41) is 2.91. The number of fused-ring (bicyclic) bond motifs is 1. The van der Waals surface area contributed by atoms with Gasteiger partial charge in [0.2, 0.25) is 5.91 Å². The number of carbonyl (C=O) groups excluding carboxylic acids is 3. The molecule has 0 saturated heterocycles. The third-order valence-corrected chi connectivity index (χ3v) is 5.68. The first-order valence-electron chi connectivity index (χ1n) is 9.74. The minimum atomic E-state index is -0.259. The number of nitrogens with zero attached hydrogens (tertiary/aromatic N) is 2. The van der Waals surface area contributed by atoms with Crippen LogP contribution in [0.1, 0.15) is 52.1 Å². The fourth-order valence-corrected chi connectivity index (χ4v) is 4.24. The quantitative estimate of drug-likeness (QED) is 0.828. The van der Waals surface area contributed by atoms with Crippen molar-refractivity contribution in [3.05, 3.63) is 59.3 Å². The van der Waals surface area contributed by atoms with Crippen LogP contribution in [0.4, 0.5) is 5.82 Å². The van der Waals surface area contributed by atoms with E-state index >= 15 is 0 Å². The molecule has 1 N–H and O–H groups in total. The van der Waals surface area contributed by atoms with Crippen molar-refractivity contribution in [1.82, 2.24) is 9.88 Å². The molecule has 2 atom stereocenters. The van der Waals surface area contributed by atoms with Gasteiger partial charge < -0.3 is 5.32 Å². The molecule has 3 amide bonds. The van der Waals surface area contributed by atoms with Crippen LogP contribution in [0.25, 0.3) is 0 Å². The third-order valence-electron chi connectivity index (χ3n) is 5.68. The molecule has 4 rings (SSSR count). The minimum absolute atomic E-state index is 0.0410. The number of imide groups is 1. The highest BCUT2D eigenvalue weighted by Gasteiger charge is 2.40. The van der Waals surface area contributed by atoms with E-state index < -0.39 is 0 Å². The lowest BCUT2D eigenvalue weighted by Gasteiger charge is -2.32. The summed E-state index contributed by atoms with van der Waals surface area (Å²) >= 11 is 0. The first-order valence-corrected chi connectivity index (χ1v) is 9.74. The van der Waals surface area contributed by atoms with Crippen molar-refractivity contribution < 1.29 is 14.4 Å². The topological polar surface area (TPSA) is 79.4 Å². The lowest BCUT2D eigenvalue weighted by molar-refractivity contribution is -0.122. The molecule has 1 aliphatic carbocycles. The Hall–Kier alpha value is -3.02. The second-order valence-electron chi connectivity index (χ2n) is 7.57. The molecule has 2 aromatic rings. The second kappa shape index (κ2) is 7.54. The van der Waals surface area contributed by atoms with E-state index in [1.807, 2.05) is 19.1 Å². The standard InChI is InChI=1S/C22H23N3O3/c1-14-7-6-12-19(23-14)24-20(26)16-9-3-2-8-15(16)13-25-21(27)17-10-4-5-11-18(17)22(25)28/h4-7,10-12,15-16H,2-3,8-9,13H2,1H3,(H,23,24,26). The smallest absolute Gasteiger partial charge is 0.261 e. The fraction of sp³-hybridized carbons (Fsp3) is 0.364. The average molecular weight is 377 g/mol. The van der Waals surface area contributed by atoms with E-state index in [4.69, 9.17) is 0 Å². The van der Waals surface area contributed by atoms with Gasteiger partial charge in [0.25, 0.3) is 11.8 Å². The van der Waals surface area contributed by atoms with Crippen molar-refractivity contribution in [3.63, 3.8) is 0 Å². The number of aromatic nitrogens is 1. The highest BCUT2D eigenvalue weighted by atomic mass is 16.2. The number of rotatable bonds is 4. The first kappa shape index (κ1) is 18.3. The van der Waals surface area contributed by atoms with Gasteiger partial charge in [-0.1, -0.05) is 31.0 Å². The van der Waals surface area contributed by atoms with Gasteiger partial charge in [-0.3, -0.25) is 19.3 Å². The van der Waals surface area contributed by atoms with Gasteiger partial charge in [-0.15, -0.1) is 0 Å². The van der Waals surface area contributed by atoms with Crippen molar-refractivity contribution in [1.29, 1.82) is 0 Å². The van der Waals surface area contributed by atoms with Crippen molar-refractivity contribution in [2.75, 3.05) is 11.9 Å². The highest BCUT2D eigenvalue weighted by molar-refractivity contribution is 6.21. The molecule has 1 aromatic heterocycles. The zero-order chi connectivity index (χ0) is 19.7. The number of hydrogen-bond donors (Lipinski definition) is 1. The molecule has 1 aliphatic heterocycles. The normalized spacial score (nSPS) is 21.5. The number of carbonyl (C=O) groups is 3. The molecule has 0 spiro atoms. The van der Waals surface area contributed by atoms with Gasteiger partial charge in [-0.05, 0) is 49.9 Å². The molecule has 0 bridgehead atoms. The molecule has 28 heavy (non-hydrogen) atoms. The summed E-state index contributed by atoms with van der Waals surface area (Å²) in [6, 6.07) is 12.4.